The molecule has 1 N–H and O–H groups in total. The lowest BCUT2D eigenvalue weighted by atomic mass is 9.88. The molecule has 27 heavy (non-hydrogen) atoms. The summed E-state index contributed by atoms with van der Waals surface area (Å²) in [5.74, 6) is 0. The van der Waals surface area contributed by atoms with Crippen molar-refractivity contribution in [3.8, 4) is 0 Å². The standard InChI is InChI=1S/C21H23F2NO2S/c1-16-9-12-18(13-10-16)27(25,26)24-19(21(2,3)15-20(22)23)14-11-17-7-5-4-6-8-17/h4-10,12-15,24H,11H2,1-3H3/b19-14-. The molecule has 0 aromatic heterocycles. The zero-order valence-corrected chi connectivity index (χ0v) is 16.4. The van der Waals surface area contributed by atoms with Gasteiger partial charge >= 0.3 is 0 Å². The maximum atomic E-state index is 12.9. The zero-order valence-electron chi connectivity index (χ0n) is 15.5. The Kier molecular flexibility index (Phi) is 6.54. The van der Waals surface area contributed by atoms with Gasteiger partial charge in [0.15, 0.2) is 0 Å². The minimum atomic E-state index is -3.89. The molecule has 0 aliphatic rings. The quantitative estimate of drug-likeness (QED) is 0.705. The second kappa shape index (κ2) is 8.48. The predicted molar refractivity (Wildman–Crippen MR) is 104 cm³/mol. The van der Waals surface area contributed by atoms with Gasteiger partial charge in [-0.1, -0.05) is 68.0 Å². The number of hydrogen-bond donors (Lipinski definition) is 1. The highest BCUT2D eigenvalue weighted by molar-refractivity contribution is 7.89. The molecule has 0 aliphatic carbocycles. The van der Waals surface area contributed by atoms with Crippen molar-refractivity contribution in [1.82, 2.24) is 4.72 Å². The Morgan fingerprint density at radius 2 is 1.63 bits per heavy atom. The smallest absolute Gasteiger partial charge is 0.267 e. The van der Waals surface area contributed by atoms with Crippen LogP contribution >= 0.6 is 0 Å². The van der Waals surface area contributed by atoms with Crippen molar-refractivity contribution in [2.75, 3.05) is 0 Å². The van der Waals surface area contributed by atoms with Crippen LogP contribution in [0.5, 0.6) is 0 Å². The van der Waals surface area contributed by atoms with Crippen LogP contribution in [0, 0.1) is 12.3 Å². The average molecular weight is 391 g/mol. The van der Waals surface area contributed by atoms with Crippen molar-refractivity contribution in [3.05, 3.63) is 89.7 Å². The van der Waals surface area contributed by atoms with E-state index in [1.807, 2.05) is 37.3 Å². The molecule has 3 nitrogen and oxygen atoms in total. The van der Waals surface area contributed by atoms with E-state index in [4.69, 9.17) is 0 Å². The summed E-state index contributed by atoms with van der Waals surface area (Å²) in [6.07, 6.45) is 0.944. The van der Waals surface area contributed by atoms with Crippen LogP contribution in [0.3, 0.4) is 0 Å². The molecule has 0 radical (unpaired) electrons. The molecule has 2 rings (SSSR count). The Balaban J connectivity index is 2.39. The van der Waals surface area contributed by atoms with E-state index in [9.17, 15) is 17.2 Å². The van der Waals surface area contributed by atoms with Crippen molar-refractivity contribution in [1.29, 1.82) is 0 Å². The highest BCUT2D eigenvalue weighted by Gasteiger charge is 2.27. The Morgan fingerprint density at radius 1 is 1.04 bits per heavy atom. The Hall–Kier alpha value is -2.47. The van der Waals surface area contributed by atoms with Gasteiger partial charge < -0.3 is 0 Å². The molecule has 0 fully saturated rings. The molecule has 0 amide bonds. The van der Waals surface area contributed by atoms with Gasteiger partial charge in [-0.15, -0.1) is 0 Å². The molecular weight excluding hydrogens is 368 g/mol. The molecule has 0 saturated heterocycles. The van der Waals surface area contributed by atoms with E-state index >= 15 is 0 Å². The lowest BCUT2D eigenvalue weighted by Crippen LogP contribution is -2.31. The third kappa shape index (κ3) is 6.03. The number of hydrogen-bond acceptors (Lipinski definition) is 2. The molecule has 0 aliphatic heterocycles. The van der Waals surface area contributed by atoms with Crippen LogP contribution in [0.15, 0.2) is 83.4 Å². The monoisotopic (exact) mass is 391 g/mol. The molecule has 0 spiro atoms. The van der Waals surface area contributed by atoms with Crippen LogP contribution in [-0.4, -0.2) is 8.42 Å². The molecule has 0 bridgehead atoms. The number of allylic oxidation sites excluding steroid dienone is 2. The number of sulfonamides is 1. The maximum absolute atomic E-state index is 12.9. The first-order chi connectivity index (χ1) is 12.6. The summed E-state index contributed by atoms with van der Waals surface area (Å²) in [6, 6.07) is 15.7. The molecule has 2 aromatic rings. The minimum Gasteiger partial charge on any atom is -0.283 e. The minimum absolute atomic E-state index is 0.0826. The van der Waals surface area contributed by atoms with E-state index in [1.54, 1.807) is 32.1 Å². The van der Waals surface area contributed by atoms with Gasteiger partial charge in [-0.2, -0.15) is 8.78 Å². The lowest BCUT2D eigenvalue weighted by molar-refractivity contribution is 0.395. The molecule has 0 saturated carbocycles. The van der Waals surface area contributed by atoms with Gasteiger partial charge in [0.05, 0.1) is 4.90 Å². The van der Waals surface area contributed by atoms with Gasteiger partial charge in [0.1, 0.15) is 0 Å². The van der Waals surface area contributed by atoms with Crippen molar-refractivity contribution >= 4 is 10.0 Å². The number of nitrogens with one attached hydrogen (secondary N) is 1. The van der Waals surface area contributed by atoms with E-state index in [2.05, 4.69) is 4.72 Å². The van der Waals surface area contributed by atoms with Crippen LogP contribution < -0.4 is 4.72 Å². The van der Waals surface area contributed by atoms with E-state index in [0.717, 1.165) is 17.2 Å². The fraction of sp³-hybridized carbons (Fsp3) is 0.238. The van der Waals surface area contributed by atoms with Crippen LogP contribution in [0.4, 0.5) is 8.78 Å². The molecule has 0 unspecified atom stereocenters. The first kappa shape index (κ1) is 20.8. The van der Waals surface area contributed by atoms with Gasteiger partial charge in [-0.25, -0.2) is 8.42 Å². The van der Waals surface area contributed by atoms with Crippen LogP contribution in [0.1, 0.15) is 25.0 Å². The lowest BCUT2D eigenvalue weighted by Gasteiger charge is -2.25. The molecule has 144 valence electrons. The molecule has 0 atom stereocenters. The van der Waals surface area contributed by atoms with E-state index in [-0.39, 0.29) is 10.6 Å². The van der Waals surface area contributed by atoms with Crippen LogP contribution in [0.2, 0.25) is 0 Å². The van der Waals surface area contributed by atoms with E-state index < -0.39 is 21.5 Å². The van der Waals surface area contributed by atoms with Gasteiger partial charge in [0.25, 0.3) is 16.1 Å². The van der Waals surface area contributed by atoms with Gasteiger partial charge in [-0.3, -0.25) is 4.72 Å². The summed E-state index contributed by atoms with van der Waals surface area (Å²) in [5, 5.41) is 0. The first-order valence-electron chi connectivity index (χ1n) is 8.48. The number of rotatable bonds is 7. The summed E-state index contributed by atoms with van der Waals surface area (Å²) in [4.78, 5) is 0.0826. The van der Waals surface area contributed by atoms with E-state index in [0.29, 0.717) is 6.42 Å². The Morgan fingerprint density at radius 3 is 2.19 bits per heavy atom. The third-order valence-electron chi connectivity index (χ3n) is 4.12. The summed E-state index contributed by atoms with van der Waals surface area (Å²) < 4.78 is 53.8. The summed E-state index contributed by atoms with van der Waals surface area (Å²) in [5.41, 5.74) is 0.882. The molecular formula is C21H23F2NO2S. The topological polar surface area (TPSA) is 46.2 Å². The fourth-order valence-electron chi connectivity index (χ4n) is 2.54. The highest BCUT2D eigenvalue weighted by Crippen LogP contribution is 2.30. The SMILES string of the molecule is Cc1ccc(S(=O)(=O)N/C(=C\Cc2ccccc2)C(C)(C)C=C(F)F)cc1. The second-order valence-corrected chi connectivity index (χ2v) is 8.56. The summed E-state index contributed by atoms with van der Waals surface area (Å²) in [6.45, 7) is 4.94. The number of benzene rings is 2. The average Bonchev–Trinajstić information content (AvgIpc) is 2.58. The third-order valence-corrected chi connectivity index (χ3v) is 5.51. The van der Waals surface area contributed by atoms with Gasteiger partial charge in [-0.05, 0) is 37.1 Å². The molecule has 0 heterocycles. The second-order valence-electron chi connectivity index (χ2n) is 6.88. The van der Waals surface area contributed by atoms with Crippen LogP contribution in [-0.2, 0) is 16.4 Å². The van der Waals surface area contributed by atoms with Crippen LogP contribution in [0.25, 0.3) is 0 Å². The predicted octanol–water partition coefficient (Wildman–Crippen LogP) is 5.21. The normalized spacial score (nSPS) is 12.6. The summed E-state index contributed by atoms with van der Waals surface area (Å²) >= 11 is 0. The van der Waals surface area contributed by atoms with Crippen molar-refractivity contribution in [3.63, 3.8) is 0 Å². The summed E-state index contributed by atoms with van der Waals surface area (Å²) in [7, 11) is -3.89. The first-order valence-corrected chi connectivity index (χ1v) is 9.96. The Labute approximate surface area is 159 Å². The molecule has 6 heteroatoms. The Bertz CT molecular complexity index is 928. The van der Waals surface area contributed by atoms with Crippen molar-refractivity contribution in [2.24, 2.45) is 5.41 Å². The zero-order chi connectivity index (χ0) is 20.1. The van der Waals surface area contributed by atoms with Gasteiger partial charge in [0, 0.05) is 11.1 Å². The van der Waals surface area contributed by atoms with Gasteiger partial charge in [0.2, 0.25) is 0 Å². The fourth-order valence-corrected chi connectivity index (χ4v) is 3.79. The van der Waals surface area contributed by atoms with Crippen molar-refractivity contribution < 1.29 is 17.2 Å². The highest BCUT2D eigenvalue weighted by atomic mass is 32.2. The number of halogens is 2. The maximum Gasteiger partial charge on any atom is 0.267 e. The largest absolute Gasteiger partial charge is 0.283 e. The van der Waals surface area contributed by atoms with E-state index in [1.165, 1.54) is 12.1 Å². The van der Waals surface area contributed by atoms with Crippen molar-refractivity contribution in [2.45, 2.75) is 32.1 Å². The number of aryl methyl sites for hydroxylation is 1. The molecule has 2 aromatic carbocycles.